The fourth-order valence-electron chi connectivity index (χ4n) is 3.99. The van der Waals surface area contributed by atoms with Crippen LogP contribution in [0.1, 0.15) is 37.3 Å². The van der Waals surface area contributed by atoms with Crippen LogP contribution in [0.15, 0.2) is 35.5 Å². The van der Waals surface area contributed by atoms with Crippen molar-refractivity contribution in [3.8, 4) is 0 Å². The Morgan fingerprint density at radius 3 is 2.41 bits per heavy atom. The maximum Gasteiger partial charge on any atom is 0.0594 e. The highest BCUT2D eigenvalue weighted by Gasteiger charge is 2.32. The zero-order valence-electron chi connectivity index (χ0n) is 13.1. The van der Waals surface area contributed by atoms with Crippen molar-refractivity contribution in [2.24, 2.45) is 17.0 Å². The van der Waals surface area contributed by atoms with Crippen molar-refractivity contribution in [1.29, 1.82) is 0 Å². The lowest BCUT2D eigenvalue weighted by Gasteiger charge is -2.41. The minimum Gasteiger partial charge on any atom is -0.411 e. The number of hydrogen-bond donors (Lipinski definition) is 1. The van der Waals surface area contributed by atoms with Gasteiger partial charge in [0.15, 0.2) is 0 Å². The van der Waals surface area contributed by atoms with Gasteiger partial charge in [0.1, 0.15) is 0 Å². The second kappa shape index (κ2) is 7.75. The highest BCUT2D eigenvalue weighted by molar-refractivity contribution is 5.59. The molecule has 1 aliphatic carbocycles. The average Bonchev–Trinajstić information content (AvgIpc) is 2.59. The molecule has 1 saturated heterocycles. The molecule has 1 aliphatic heterocycles. The van der Waals surface area contributed by atoms with Gasteiger partial charge in [0.25, 0.3) is 0 Å². The maximum absolute atomic E-state index is 8.72. The molecule has 1 aromatic carbocycles. The van der Waals surface area contributed by atoms with Gasteiger partial charge in [0, 0.05) is 25.3 Å². The van der Waals surface area contributed by atoms with Gasteiger partial charge in [0.2, 0.25) is 0 Å². The Morgan fingerprint density at radius 2 is 1.77 bits per heavy atom. The topological polar surface area (TPSA) is 45.1 Å². The minimum absolute atomic E-state index is 0.447. The molecule has 2 fully saturated rings. The van der Waals surface area contributed by atoms with Crippen LogP contribution in [0.2, 0.25) is 0 Å². The standard InChI is InChI=1S/C18H26N2O2/c21-19-14-15-6-8-17(9-7-15)18(16-4-2-1-3-5-16)20-10-12-22-13-11-20/h1-5,14-15,17-18,21H,6-13H2/b19-14-. The van der Waals surface area contributed by atoms with E-state index in [4.69, 9.17) is 9.94 Å². The molecule has 1 atom stereocenters. The lowest BCUT2D eigenvalue weighted by atomic mass is 9.76. The molecule has 3 rings (SSSR count). The van der Waals surface area contributed by atoms with Crippen LogP contribution in [0.5, 0.6) is 0 Å². The predicted octanol–water partition coefficient (Wildman–Crippen LogP) is 3.33. The van der Waals surface area contributed by atoms with Gasteiger partial charge in [-0.1, -0.05) is 30.3 Å². The van der Waals surface area contributed by atoms with E-state index in [9.17, 15) is 0 Å². The van der Waals surface area contributed by atoms with Gasteiger partial charge < -0.3 is 9.94 Å². The summed E-state index contributed by atoms with van der Waals surface area (Å²) in [5, 5.41) is 11.9. The highest BCUT2D eigenvalue weighted by Crippen LogP contribution is 2.40. The van der Waals surface area contributed by atoms with Crippen molar-refractivity contribution in [3.05, 3.63) is 35.9 Å². The second-order valence-electron chi connectivity index (χ2n) is 6.44. The second-order valence-corrected chi connectivity index (χ2v) is 6.44. The van der Waals surface area contributed by atoms with Gasteiger partial charge in [-0.05, 0) is 43.1 Å². The third kappa shape index (κ3) is 3.68. The van der Waals surface area contributed by atoms with Crippen LogP contribution >= 0.6 is 0 Å². The summed E-state index contributed by atoms with van der Waals surface area (Å²) in [6, 6.07) is 11.4. The van der Waals surface area contributed by atoms with E-state index in [1.165, 1.54) is 18.4 Å². The van der Waals surface area contributed by atoms with Crippen molar-refractivity contribution < 1.29 is 9.94 Å². The van der Waals surface area contributed by atoms with Crippen LogP contribution in [0.4, 0.5) is 0 Å². The molecule has 4 heteroatoms. The Bertz CT molecular complexity index is 463. The fraction of sp³-hybridized carbons (Fsp3) is 0.611. The van der Waals surface area contributed by atoms with Crippen LogP contribution in [0.25, 0.3) is 0 Å². The Labute approximate surface area is 132 Å². The molecule has 0 aromatic heterocycles. The van der Waals surface area contributed by atoms with E-state index in [-0.39, 0.29) is 0 Å². The van der Waals surface area contributed by atoms with E-state index < -0.39 is 0 Å². The monoisotopic (exact) mass is 302 g/mol. The molecule has 0 bridgehead atoms. The van der Waals surface area contributed by atoms with Gasteiger partial charge >= 0.3 is 0 Å². The zero-order chi connectivity index (χ0) is 15.2. The first kappa shape index (κ1) is 15.5. The van der Waals surface area contributed by atoms with Gasteiger partial charge in [-0.2, -0.15) is 0 Å². The Morgan fingerprint density at radius 1 is 1.09 bits per heavy atom. The molecular formula is C18H26N2O2. The number of hydrogen-bond acceptors (Lipinski definition) is 4. The Kier molecular flexibility index (Phi) is 5.46. The van der Waals surface area contributed by atoms with Gasteiger partial charge in [0.05, 0.1) is 13.2 Å². The summed E-state index contributed by atoms with van der Waals surface area (Å²) in [4.78, 5) is 2.60. The molecule has 2 aliphatic rings. The SMILES string of the molecule is O/N=C\C1CCC(C(c2ccccc2)N2CCOCC2)CC1. The minimum atomic E-state index is 0.447. The third-order valence-corrected chi connectivity index (χ3v) is 5.12. The molecule has 1 saturated carbocycles. The fourth-order valence-corrected chi connectivity index (χ4v) is 3.99. The van der Waals surface area contributed by atoms with Crippen LogP contribution in [0.3, 0.4) is 0 Å². The molecule has 0 radical (unpaired) electrons. The summed E-state index contributed by atoms with van der Waals surface area (Å²) in [7, 11) is 0. The van der Waals surface area contributed by atoms with Gasteiger partial charge in [-0.3, -0.25) is 4.90 Å². The van der Waals surface area contributed by atoms with Gasteiger partial charge in [-0.25, -0.2) is 0 Å². The quantitative estimate of drug-likeness (QED) is 0.527. The van der Waals surface area contributed by atoms with Crippen LogP contribution in [-0.4, -0.2) is 42.6 Å². The lowest BCUT2D eigenvalue weighted by Crippen LogP contribution is -2.42. The summed E-state index contributed by atoms with van der Waals surface area (Å²) < 4.78 is 5.54. The molecule has 120 valence electrons. The van der Waals surface area contributed by atoms with E-state index in [2.05, 4.69) is 40.4 Å². The normalized spacial score (nSPS) is 28.7. The molecule has 1 heterocycles. The number of oxime groups is 1. The molecule has 0 spiro atoms. The maximum atomic E-state index is 8.72. The van der Waals surface area contributed by atoms with Crippen molar-refractivity contribution in [3.63, 3.8) is 0 Å². The van der Waals surface area contributed by atoms with E-state index in [1.807, 2.05) is 0 Å². The number of benzene rings is 1. The molecule has 4 nitrogen and oxygen atoms in total. The van der Waals surface area contributed by atoms with E-state index in [0.29, 0.717) is 17.9 Å². The van der Waals surface area contributed by atoms with Crippen molar-refractivity contribution >= 4 is 6.21 Å². The summed E-state index contributed by atoms with van der Waals surface area (Å²) in [5.74, 6) is 1.13. The van der Waals surface area contributed by atoms with E-state index in [1.54, 1.807) is 6.21 Å². The summed E-state index contributed by atoms with van der Waals surface area (Å²) >= 11 is 0. The molecular weight excluding hydrogens is 276 g/mol. The first-order chi connectivity index (χ1) is 10.9. The molecule has 1 N–H and O–H groups in total. The third-order valence-electron chi connectivity index (χ3n) is 5.12. The zero-order valence-corrected chi connectivity index (χ0v) is 13.1. The first-order valence-corrected chi connectivity index (χ1v) is 8.43. The lowest BCUT2D eigenvalue weighted by molar-refractivity contribution is -0.00406. The van der Waals surface area contributed by atoms with Crippen molar-refractivity contribution in [1.82, 2.24) is 4.90 Å². The Balaban J connectivity index is 1.74. The van der Waals surface area contributed by atoms with Gasteiger partial charge in [-0.15, -0.1) is 5.16 Å². The summed E-state index contributed by atoms with van der Waals surface area (Å²) in [6.45, 7) is 3.74. The Hall–Kier alpha value is -1.39. The van der Waals surface area contributed by atoms with Crippen LogP contribution < -0.4 is 0 Å². The molecule has 1 unspecified atom stereocenters. The van der Waals surface area contributed by atoms with Crippen molar-refractivity contribution in [2.75, 3.05) is 26.3 Å². The molecule has 0 amide bonds. The smallest absolute Gasteiger partial charge is 0.0594 e. The summed E-state index contributed by atoms with van der Waals surface area (Å²) in [6.07, 6.45) is 6.37. The predicted molar refractivity (Wildman–Crippen MR) is 87.3 cm³/mol. The van der Waals surface area contributed by atoms with E-state index >= 15 is 0 Å². The van der Waals surface area contributed by atoms with Crippen LogP contribution in [0, 0.1) is 11.8 Å². The van der Waals surface area contributed by atoms with Crippen LogP contribution in [-0.2, 0) is 4.74 Å². The number of ether oxygens (including phenoxy) is 1. The van der Waals surface area contributed by atoms with E-state index in [0.717, 1.165) is 39.1 Å². The average molecular weight is 302 g/mol. The number of morpholine rings is 1. The number of nitrogens with zero attached hydrogens (tertiary/aromatic N) is 2. The first-order valence-electron chi connectivity index (χ1n) is 8.43. The van der Waals surface area contributed by atoms with Crippen molar-refractivity contribution in [2.45, 2.75) is 31.7 Å². The number of rotatable bonds is 4. The highest BCUT2D eigenvalue weighted by atomic mass is 16.5. The largest absolute Gasteiger partial charge is 0.411 e. The summed E-state index contributed by atoms with van der Waals surface area (Å²) in [5.41, 5.74) is 1.43. The molecule has 1 aromatic rings. The molecule has 22 heavy (non-hydrogen) atoms.